The number of piperazine rings is 1. The molecule has 0 aromatic carbocycles. The van der Waals surface area contributed by atoms with Crippen LogP contribution in [0.1, 0.15) is 32.1 Å². The average molecular weight is 438 g/mol. The lowest BCUT2D eigenvalue weighted by Crippen LogP contribution is -2.56. The van der Waals surface area contributed by atoms with E-state index >= 15 is 0 Å². The van der Waals surface area contributed by atoms with Crippen LogP contribution in [0.25, 0.3) is 17.4 Å². The highest BCUT2D eigenvalue weighted by Crippen LogP contribution is 2.28. The topological polar surface area (TPSA) is 122 Å². The number of aromatic nitrogens is 5. The fourth-order valence-electron chi connectivity index (χ4n) is 4.97. The van der Waals surface area contributed by atoms with Gasteiger partial charge in [-0.25, -0.2) is 0 Å². The Morgan fingerprint density at radius 2 is 1.88 bits per heavy atom. The molecule has 3 aliphatic rings. The number of fused-ring (bicyclic) bond motifs is 1. The SMILES string of the molecule is Nc1nc(N2CCC[C@H]2C(=O)N2CCN(C3CCC3)CC2)nc2nc(-c3ccco3)nn12. The van der Waals surface area contributed by atoms with Crippen LogP contribution in [-0.2, 0) is 4.79 Å². The summed E-state index contributed by atoms with van der Waals surface area (Å²) < 4.78 is 6.77. The highest BCUT2D eigenvalue weighted by molar-refractivity contribution is 5.85. The van der Waals surface area contributed by atoms with Gasteiger partial charge in [-0.2, -0.15) is 19.5 Å². The van der Waals surface area contributed by atoms with Crippen molar-refractivity contribution < 1.29 is 9.21 Å². The van der Waals surface area contributed by atoms with Gasteiger partial charge >= 0.3 is 0 Å². The second-order valence-corrected chi connectivity index (χ2v) is 8.80. The number of anilines is 2. The zero-order valence-corrected chi connectivity index (χ0v) is 17.9. The average Bonchev–Trinajstić information content (AvgIpc) is 3.52. The molecule has 1 aliphatic carbocycles. The number of nitrogen functional groups attached to an aromatic ring is 1. The van der Waals surface area contributed by atoms with Crippen LogP contribution < -0.4 is 10.6 Å². The number of hydrogen-bond donors (Lipinski definition) is 1. The number of carbonyl (C=O) groups excluding carboxylic acids is 1. The fraction of sp³-hybridized carbons (Fsp3) is 0.571. The first-order valence-electron chi connectivity index (χ1n) is 11.4. The van der Waals surface area contributed by atoms with Crippen molar-refractivity contribution in [3.63, 3.8) is 0 Å². The van der Waals surface area contributed by atoms with Crippen molar-refractivity contribution in [3.8, 4) is 11.6 Å². The molecule has 0 unspecified atom stereocenters. The number of amides is 1. The number of furan rings is 1. The molecule has 5 heterocycles. The van der Waals surface area contributed by atoms with Crippen LogP contribution in [0, 0.1) is 0 Å². The summed E-state index contributed by atoms with van der Waals surface area (Å²) in [6, 6.07) is 4.01. The minimum Gasteiger partial charge on any atom is -0.461 e. The molecule has 1 amide bonds. The number of rotatable bonds is 4. The fourth-order valence-corrected chi connectivity index (χ4v) is 4.97. The van der Waals surface area contributed by atoms with Gasteiger partial charge in [0.2, 0.25) is 23.6 Å². The first-order valence-corrected chi connectivity index (χ1v) is 11.4. The molecule has 1 atom stereocenters. The number of nitrogens with zero attached hydrogens (tertiary/aromatic N) is 8. The standard InChI is InChI=1S/C21H27N9O2/c22-19-24-20(25-21-23-17(26-30(19)21)16-7-3-13-32-16)29-8-2-6-15(29)18(31)28-11-9-27(10-12-28)14-4-1-5-14/h3,7,13-15H,1-2,4-6,8-12H2,(H2,22,23,24,25,26)/t15-/m0/s1. The van der Waals surface area contributed by atoms with Crippen LogP contribution in [0.5, 0.6) is 0 Å². The van der Waals surface area contributed by atoms with Crippen molar-refractivity contribution >= 4 is 23.6 Å². The van der Waals surface area contributed by atoms with E-state index in [1.807, 2.05) is 9.80 Å². The summed E-state index contributed by atoms with van der Waals surface area (Å²) in [5.74, 6) is 2.04. The third-order valence-corrected chi connectivity index (χ3v) is 6.97. The molecule has 2 N–H and O–H groups in total. The van der Waals surface area contributed by atoms with E-state index in [1.165, 1.54) is 23.8 Å². The maximum atomic E-state index is 13.4. The van der Waals surface area contributed by atoms with Crippen LogP contribution in [0.15, 0.2) is 22.8 Å². The van der Waals surface area contributed by atoms with Crippen molar-refractivity contribution in [2.24, 2.45) is 0 Å². The Balaban J connectivity index is 1.21. The number of carbonyl (C=O) groups is 1. The normalized spacial score (nSPS) is 22.6. The quantitative estimate of drug-likeness (QED) is 0.637. The molecule has 11 nitrogen and oxygen atoms in total. The summed E-state index contributed by atoms with van der Waals surface area (Å²) in [4.78, 5) is 33.4. The maximum Gasteiger partial charge on any atom is 0.259 e. The van der Waals surface area contributed by atoms with E-state index in [2.05, 4.69) is 25.0 Å². The summed E-state index contributed by atoms with van der Waals surface area (Å²) >= 11 is 0. The van der Waals surface area contributed by atoms with E-state index < -0.39 is 0 Å². The van der Waals surface area contributed by atoms with Gasteiger partial charge in [-0.05, 0) is 37.8 Å². The predicted molar refractivity (Wildman–Crippen MR) is 117 cm³/mol. The molecule has 0 spiro atoms. The van der Waals surface area contributed by atoms with Crippen LogP contribution in [0.2, 0.25) is 0 Å². The summed E-state index contributed by atoms with van der Waals surface area (Å²) in [6.45, 7) is 4.23. The molecular weight excluding hydrogens is 410 g/mol. The van der Waals surface area contributed by atoms with Gasteiger partial charge in [-0.3, -0.25) is 9.69 Å². The lowest BCUT2D eigenvalue weighted by molar-refractivity contribution is -0.134. The molecule has 32 heavy (non-hydrogen) atoms. The first-order chi connectivity index (χ1) is 15.7. The zero-order valence-electron chi connectivity index (χ0n) is 17.9. The van der Waals surface area contributed by atoms with Gasteiger partial charge in [0.05, 0.1) is 6.26 Å². The van der Waals surface area contributed by atoms with Crippen LogP contribution in [0.3, 0.4) is 0 Å². The van der Waals surface area contributed by atoms with Gasteiger partial charge in [0.15, 0.2) is 5.76 Å². The van der Waals surface area contributed by atoms with Gasteiger partial charge in [0.1, 0.15) is 6.04 Å². The molecule has 3 fully saturated rings. The molecular formula is C21H27N9O2. The summed E-state index contributed by atoms with van der Waals surface area (Å²) in [6.07, 6.45) is 7.21. The molecule has 6 rings (SSSR count). The first kappa shape index (κ1) is 19.5. The molecule has 2 saturated heterocycles. The van der Waals surface area contributed by atoms with E-state index in [9.17, 15) is 4.79 Å². The molecule has 168 valence electrons. The molecule has 3 aromatic rings. The lowest BCUT2D eigenvalue weighted by Gasteiger charge is -2.43. The van der Waals surface area contributed by atoms with E-state index in [4.69, 9.17) is 10.2 Å². The van der Waals surface area contributed by atoms with E-state index in [1.54, 1.807) is 18.4 Å². The van der Waals surface area contributed by atoms with Crippen molar-refractivity contribution in [2.75, 3.05) is 43.4 Å². The Hall–Kier alpha value is -3.21. The minimum atomic E-state index is -0.264. The third-order valence-electron chi connectivity index (χ3n) is 6.97. The maximum absolute atomic E-state index is 13.4. The highest BCUT2D eigenvalue weighted by atomic mass is 16.3. The molecule has 1 saturated carbocycles. The Bertz CT molecular complexity index is 1120. The largest absolute Gasteiger partial charge is 0.461 e. The molecule has 0 bridgehead atoms. The van der Waals surface area contributed by atoms with Crippen molar-refractivity contribution in [1.29, 1.82) is 0 Å². The summed E-state index contributed by atoms with van der Waals surface area (Å²) in [7, 11) is 0. The van der Waals surface area contributed by atoms with Crippen LogP contribution in [-0.4, -0.2) is 85.1 Å². The van der Waals surface area contributed by atoms with Crippen molar-refractivity contribution in [1.82, 2.24) is 34.4 Å². The molecule has 3 aromatic heterocycles. The van der Waals surface area contributed by atoms with E-state index in [0.29, 0.717) is 29.9 Å². The van der Waals surface area contributed by atoms with Gasteiger partial charge < -0.3 is 20.0 Å². The Morgan fingerprint density at radius 1 is 1.03 bits per heavy atom. The molecule has 11 heteroatoms. The molecule has 2 aliphatic heterocycles. The lowest BCUT2D eigenvalue weighted by atomic mass is 9.91. The van der Waals surface area contributed by atoms with Crippen LogP contribution >= 0.6 is 0 Å². The van der Waals surface area contributed by atoms with Gasteiger partial charge in [-0.15, -0.1) is 5.10 Å². The third kappa shape index (κ3) is 3.27. The van der Waals surface area contributed by atoms with Crippen LogP contribution in [0.4, 0.5) is 11.9 Å². The second-order valence-electron chi connectivity index (χ2n) is 8.80. The smallest absolute Gasteiger partial charge is 0.259 e. The van der Waals surface area contributed by atoms with Gasteiger partial charge in [0.25, 0.3) is 5.78 Å². The van der Waals surface area contributed by atoms with Crippen molar-refractivity contribution in [2.45, 2.75) is 44.2 Å². The highest BCUT2D eigenvalue weighted by Gasteiger charge is 2.37. The van der Waals surface area contributed by atoms with Gasteiger partial charge in [-0.1, -0.05) is 6.42 Å². The molecule has 0 radical (unpaired) electrons. The Labute approximate surface area is 185 Å². The van der Waals surface area contributed by atoms with E-state index in [-0.39, 0.29) is 17.9 Å². The zero-order chi connectivity index (χ0) is 21.7. The number of hydrogen-bond acceptors (Lipinski definition) is 9. The van der Waals surface area contributed by atoms with Gasteiger partial charge in [0, 0.05) is 38.8 Å². The predicted octanol–water partition coefficient (Wildman–Crippen LogP) is 1.03. The van der Waals surface area contributed by atoms with E-state index in [0.717, 1.165) is 45.1 Å². The second kappa shape index (κ2) is 7.73. The number of nitrogens with two attached hydrogens (primary N) is 1. The summed E-state index contributed by atoms with van der Waals surface area (Å²) in [5, 5.41) is 4.35. The monoisotopic (exact) mass is 437 g/mol. The Morgan fingerprint density at radius 3 is 2.59 bits per heavy atom. The minimum absolute atomic E-state index is 0.163. The summed E-state index contributed by atoms with van der Waals surface area (Å²) in [5.41, 5.74) is 6.17. The Kier molecular flexibility index (Phi) is 4.71. The van der Waals surface area contributed by atoms with Crippen molar-refractivity contribution in [3.05, 3.63) is 18.4 Å².